The number of ether oxygens (including phenoxy) is 1. The van der Waals surface area contributed by atoms with Crippen LogP contribution in [0.1, 0.15) is 39.5 Å². The van der Waals surface area contributed by atoms with Gasteiger partial charge >= 0.3 is 0 Å². The minimum absolute atomic E-state index is 0.208. The van der Waals surface area contributed by atoms with Crippen LogP contribution in [0.3, 0.4) is 0 Å². The standard InChI is InChI=1S/C35H37ClN4O4/c1-2-44-30-18-14-25(15-19-30)21-32(39-33(41)28-6-4-3-5-7-28)35(43)40-31(20-24-12-16-29(36)17-13-24)34(42)38-23-27-10-8-26(22-37)9-11-27/h3-19,31-32H,2,20-23,37H2,1H3,(H,38,42)(H,39,41)(H,40,43)/t31-,32+/m0/s1. The Labute approximate surface area is 263 Å². The lowest BCUT2D eigenvalue weighted by Crippen LogP contribution is -2.55. The first-order valence-electron chi connectivity index (χ1n) is 14.5. The third kappa shape index (κ3) is 9.69. The van der Waals surface area contributed by atoms with Gasteiger partial charge in [-0.1, -0.05) is 78.3 Å². The second kappa shape index (κ2) is 16.3. The lowest BCUT2D eigenvalue weighted by atomic mass is 10.0. The fraction of sp³-hybridized carbons (Fsp3) is 0.229. The molecule has 0 aliphatic carbocycles. The molecule has 2 atom stereocenters. The molecule has 44 heavy (non-hydrogen) atoms. The van der Waals surface area contributed by atoms with Crippen molar-refractivity contribution < 1.29 is 19.1 Å². The monoisotopic (exact) mass is 612 g/mol. The van der Waals surface area contributed by atoms with E-state index in [0.29, 0.717) is 29.5 Å². The van der Waals surface area contributed by atoms with E-state index in [9.17, 15) is 14.4 Å². The molecule has 0 heterocycles. The van der Waals surface area contributed by atoms with Crippen LogP contribution in [-0.2, 0) is 35.5 Å². The molecule has 0 saturated heterocycles. The van der Waals surface area contributed by atoms with E-state index in [1.165, 1.54) is 0 Å². The predicted octanol–water partition coefficient (Wildman–Crippen LogP) is 4.58. The van der Waals surface area contributed by atoms with Crippen LogP contribution in [0.15, 0.2) is 103 Å². The van der Waals surface area contributed by atoms with Crippen LogP contribution in [0.2, 0.25) is 5.02 Å². The zero-order valence-corrected chi connectivity index (χ0v) is 25.3. The minimum Gasteiger partial charge on any atom is -0.494 e. The number of nitrogens with two attached hydrogens (primary N) is 1. The molecule has 0 aliphatic rings. The fourth-order valence-corrected chi connectivity index (χ4v) is 4.73. The summed E-state index contributed by atoms with van der Waals surface area (Å²) in [6, 6.07) is 28.9. The molecular formula is C35H37ClN4O4. The Morgan fingerprint density at radius 3 is 1.84 bits per heavy atom. The number of amides is 3. The average molecular weight is 613 g/mol. The van der Waals surface area contributed by atoms with Gasteiger partial charge in [-0.15, -0.1) is 0 Å². The maximum absolute atomic E-state index is 13.8. The van der Waals surface area contributed by atoms with Crippen LogP contribution in [0.4, 0.5) is 0 Å². The van der Waals surface area contributed by atoms with E-state index in [1.807, 2.05) is 73.7 Å². The van der Waals surface area contributed by atoms with Crippen LogP contribution < -0.4 is 26.4 Å². The van der Waals surface area contributed by atoms with E-state index < -0.39 is 23.9 Å². The highest BCUT2D eigenvalue weighted by Gasteiger charge is 2.28. The highest BCUT2D eigenvalue weighted by Crippen LogP contribution is 2.15. The summed E-state index contributed by atoms with van der Waals surface area (Å²) in [5.41, 5.74) is 9.65. The molecule has 228 valence electrons. The zero-order chi connectivity index (χ0) is 31.3. The maximum atomic E-state index is 13.8. The number of carbonyl (C=O) groups is 3. The highest BCUT2D eigenvalue weighted by molar-refractivity contribution is 6.30. The van der Waals surface area contributed by atoms with Crippen LogP contribution in [-0.4, -0.2) is 36.4 Å². The molecule has 4 aromatic carbocycles. The summed E-state index contributed by atoms with van der Waals surface area (Å²) in [5.74, 6) is -0.519. The van der Waals surface area contributed by atoms with Crippen molar-refractivity contribution in [3.63, 3.8) is 0 Å². The van der Waals surface area contributed by atoms with Crippen molar-refractivity contribution in [2.45, 2.75) is 44.9 Å². The van der Waals surface area contributed by atoms with E-state index in [0.717, 1.165) is 22.3 Å². The van der Waals surface area contributed by atoms with Crippen molar-refractivity contribution >= 4 is 29.3 Å². The number of hydrogen-bond acceptors (Lipinski definition) is 5. The Kier molecular flexibility index (Phi) is 11.9. The van der Waals surface area contributed by atoms with E-state index in [-0.39, 0.29) is 25.3 Å². The smallest absolute Gasteiger partial charge is 0.251 e. The van der Waals surface area contributed by atoms with E-state index in [4.69, 9.17) is 22.1 Å². The normalized spacial score (nSPS) is 12.1. The van der Waals surface area contributed by atoms with Gasteiger partial charge in [-0.2, -0.15) is 0 Å². The summed E-state index contributed by atoms with van der Waals surface area (Å²) >= 11 is 6.07. The number of nitrogens with one attached hydrogen (secondary N) is 3. The molecule has 0 saturated carbocycles. The maximum Gasteiger partial charge on any atom is 0.251 e. The van der Waals surface area contributed by atoms with Crippen molar-refractivity contribution in [2.75, 3.05) is 6.61 Å². The van der Waals surface area contributed by atoms with E-state index in [2.05, 4.69) is 16.0 Å². The van der Waals surface area contributed by atoms with Gasteiger partial charge in [0.25, 0.3) is 5.91 Å². The summed E-state index contributed by atoms with van der Waals surface area (Å²) in [6.07, 6.45) is 0.433. The fourth-order valence-electron chi connectivity index (χ4n) is 4.61. The first-order chi connectivity index (χ1) is 21.3. The molecule has 0 spiro atoms. The Hall–Kier alpha value is -4.66. The molecule has 4 aromatic rings. The average Bonchev–Trinajstić information content (AvgIpc) is 3.05. The zero-order valence-electron chi connectivity index (χ0n) is 24.6. The largest absolute Gasteiger partial charge is 0.494 e. The van der Waals surface area contributed by atoms with E-state index >= 15 is 0 Å². The lowest BCUT2D eigenvalue weighted by molar-refractivity contribution is -0.130. The van der Waals surface area contributed by atoms with Crippen LogP contribution in [0.5, 0.6) is 5.75 Å². The van der Waals surface area contributed by atoms with Gasteiger partial charge in [0.2, 0.25) is 11.8 Å². The van der Waals surface area contributed by atoms with E-state index in [1.54, 1.807) is 36.4 Å². The van der Waals surface area contributed by atoms with Gasteiger partial charge in [-0.05, 0) is 65.6 Å². The molecule has 4 rings (SSSR count). The van der Waals surface area contributed by atoms with Crippen LogP contribution in [0.25, 0.3) is 0 Å². The first-order valence-corrected chi connectivity index (χ1v) is 14.9. The molecule has 9 heteroatoms. The lowest BCUT2D eigenvalue weighted by Gasteiger charge is -2.24. The summed E-state index contributed by atoms with van der Waals surface area (Å²) in [4.78, 5) is 40.4. The molecule has 0 unspecified atom stereocenters. The number of rotatable bonds is 14. The number of carbonyl (C=O) groups excluding carboxylic acids is 3. The van der Waals surface area contributed by atoms with Crippen molar-refractivity contribution in [1.29, 1.82) is 0 Å². The Morgan fingerprint density at radius 2 is 1.25 bits per heavy atom. The summed E-state index contributed by atoms with van der Waals surface area (Å²) < 4.78 is 5.54. The van der Waals surface area contributed by atoms with Crippen molar-refractivity contribution in [3.8, 4) is 5.75 Å². The van der Waals surface area contributed by atoms with Gasteiger partial charge in [-0.25, -0.2) is 0 Å². The third-order valence-electron chi connectivity index (χ3n) is 7.04. The Balaban J connectivity index is 1.54. The predicted molar refractivity (Wildman–Crippen MR) is 172 cm³/mol. The molecule has 0 bridgehead atoms. The molecule has 8 nitrogen and oxygen atoms in total. The minimum atomic E-state index is -0.954. The molecule has 0 aliphatic heterocycles. The third-order valence-corrected chi connectivity index (χ3v) is 7.30. The quantitative estimate of drug-likeness (QED) is 0.166. The summed E-state index contributed by atoms with van der Waals surface area (Å²) in [5, 5.41) is 9.27. The molecular weight excluding hydrogens is 576 g/mol. The van der Waals surface area contributed by atoms with Gasteiger partial charge in [0.15, 0.2) is 0 Å². The second-order valence-electron chi connectivity index (χ2n) is 10.3. The molecule has 0 fully saturated rings. The first kappa shape index (κ1) is 32.3. The highest BCUT2D eigenvalue weighted by atomic mass is 35.5. The molecule has 5 N–H and O–H groups in total. The van der Waals surface area contributed by atoms with Crippen molar-refractivity contribution in [3.05, 3.63) is 136 Å². The number of benzene rings is 4. The van der Waals surface area contributed by atoms with Crippen molar-refractivity contribution in [1.82, 2.24) is 16.0 Å². The molecule has 0 radical (unpaired) electrons. The Morgan fingerprint density at radius 1 is 0.705 bits per heavy atom. The second-order valence-corrected chi connectivity index (χ2v) is 10.7. The summed E-state index contributed by atoms with van der Waals surface area (Å²) in [7, 11) is 0. The molecule has 3 amide bonds. The SMILES string of the molecule is CCOc1ccc(C[C@@H](NC(=O)c2ccccc2)C(=O)N[C@@H](Cc2ccc(Cl)cc2)C(=O)NCc2ccc(CN)cc2)cc1. The summed E-state index contributed by atoms with van der Waals surface area (Å²) in [6.45, 7) is 3.15. The van der Waals surface area contributed by atoms with Gasteiger partial charge in [-0.3, -0.25) is 14.4 Å². The number of hydrogen-bond donors (Lipinski definition) is 4. The van der Waals surface area contributed by atoms with Crippen LogP contribution >= 0.6 is 11.6 Å². The Bertz CT molecular complexity index is 1510. The number of halogens is 1. The topological polar surface area (TPSA) is 123 Å². The van der Waals surface area contributed by atoms with Gasteiger partial charge < -0.3 is 26.4 Å². The van der Waals surface area contributed by atoms with Crippen molar-refractivity contribution in [2.24, 2.45) is 5.73 Å². The van der Waals surface area contributed by atoms with Gasteiger partial charge in [0, 0.05) is 36.5 Å². The molecule has 0 aromatic heterocycles. The van der Waals surface area contributed by atoms with Gasteiger partial charge in [0.1, 0.15) is 17.8 Å². The van der Waals surface area contributed by atoms with Crippen LogP contribution in [0, 0.1) is 0 Å². The van der Waals surface area contributed by atoms with Gasteiger partial charge in [0.05, 0.1) is 6.61 Å².